The molecule has 1 N–H and O–H groups in total. The number of halogens is 3. The lowest BCUT2D eigenvalue weighted by molar-refractivity contribution is 0.0697. The zero-order valence-electron chi connectivity index (χ0n) is 15.6. The summed E-state index contributed by atoms with van der Waals surface area (Å²) in [7, 11) is 0. The number of carboxylic acid groups (broad SMARTS) is 1. The third kappa shape index (κ3) is 4.35. The average molecular weight is 489 g/mol. The van der Waals surface area contributed by atoms with Gasteiger partial charge in [0, 0.05) is 32.7 Å². The summed E-state index contributed by atoms with van der Waals surface area (Å²) in [5.41, 5.74) is 2.80. The zero-order chi connectivity index (χ0) is 21.3. The number of aromatic carboxylic acids is 1. The molecule has 0 radical (unpaired) electrons. The molecule has 0 aliphatic rings. The van der Waals surface area contributed by atoms with Gasteiger partial charge in [-0.2, -0.15) is 0 Å². The minimum atomic E-state index is -0.952. The highest BCUT2D eigenvalue weighted by atomic mass is 79.9. The van der Waals surface area contributed by atoms with Crippen molar-refractivity contribution < 1.29 is 19.0 Å². The topological polar surface area (TPSA) is 51.5 Å². The summed E-state index contributed by atoms with van der Waals surface area (Å²) in [6.45, 7) is 0.740. The average Bonchev–Trinajstić information content (AvgIpc) is 3.10. The van der Waals surface area contributed by atoms with Gasteiger partial charge in [0.05, 0.1) is 17.1 Å². The Bertz CT molecular complexity index is 1250. The maximum Gasteiger partial charge on any atom is 0.335 e. The lowest BCUT2D eigenvalue weighted by Crippen LogP contribution is -2.04. The Morgan fingerprint density at radius 1 is 1.07 bits per heavy atom. The predicted molar refractivity (Wildman–Crippen MR) is 118 cm³/mol. The van der Waals surface area contributed by atoms with E-state index in [2.05, 4.69) is 15.9 Å². The molecule has 0 fully saturated rings. The van der Waals surface area contributed by atoms with Crippen LogP contribution in [-0.4, -0.2) is 15.6 Å². The van der Waals surface area contributed by atoms with Gasteiger partial charge in [0.2, 0.25) is 0 Å². The Hall–Kier alpha value is -2.83. The van der Waals surface area contributed by atoms with E-state index >= 15 is 0 Å². The second-order valence-corrected chi connectivity index (χ2v) is 8.12. The third-order valence-electron chi connectivity index (χ3n) is 4.78. The SMILES string of the molecule is O=C(O)c1ccc2c(ccn2Cc2cc(Br)ccc2OCc2ccc(F)cc2Cl)c1. The molecule has 3 aromatic carbocycles. The van der Waals surface area contributed by atoms with E-state index in [4.69, 9.17) is 16.3 Å². The van der Waals surface area contributed by atoms with Gasteiger partial charge in [0.1, 0.15) is 18.2 Å². The first kappa shape index (κ1) is 20.4. The summed E-state index contributed by atoms with van der Waals surface area (Å²) in [4.78, 5) is 11.2. The van der Waals surface area contributed by atoms with Gasteiger partial charge in [-0.25, -0.2) is 9.18 Å². The van der Waals surface area contributed by atoms with Crippen molar-refractivity contribution >= 4 is 44.4 Å². The van der Waals surface area contributed by atoms with Crippen LogP contribution in [0.15, 0.2) is 71.3 Å². The Balaban J connectivity index is 1.61. The molecule has 0 unspecified atom stereocenters. The summed E-state index contributed by atoms with van der Waals surface area (Å²) >= 11 is 9.60. The summed E-state index contributed by atoms with van der Waals surface area (Å²) in [6, 6.07) is 16.9. The number of benzene rings is 3. The highest BCUT2D eigenvalue weighted by molar-refractivity contribution is 9.10. The minimum Gasteiger partial charge on any atom is -0.488 e. The third-order valence-corrected chi connectivity index (χ3v) is 5.62. The van der Waals surface area contributed by atoms with Gasteiger partial charge in [-0.05, 0) is 54.6 Å². The maximum atomic E-state index is 13.3. The van der Waals surface area contributed by atoms with Crippen molar-refractivity contribution in [1.82, 2.24) is 4.57 Å². The fourth-order valence-corrected chi connectivity index (χ4v) is 3.89. The van der Waals surface area contributed by atoms with Crippen molar-refractivity contribution in [2.45, 2.75) is 13.2 Å². The van der Waals surface area contributed by atoms with E-state index in [-0.39, 0.29) is 12.2 Å². The highest BCUT2D eigenvalue weighted by Crippen LogP contribution is 2.28. The lowest BCUT2D eigenvalue weighted by Gasteiger charge is -2.14. The van der Waals surface area contributed by atoms with Crippen LogP contribution in [0.3, 0.4) is 0 Å². The van der Waals surface area contributed by atoms with Crippen molar-refractivity contribution in [3.8, 4) is 5.75 Å². The monoisotopic (exact) mass is 487 g/mol. The molecule has 0 aliphatic heterocycles. The number of carboxylic acids is 1. The molecule has 0 saturated carbocycles. The zero-order valence-corrected chi connectivity index (χ0v) is 18.0. The number of hydrogen-bond donors (Lipinski definition) is 1. The van der Waals surface area contributed by atoms with Gasteiger partial charge in [0.25, 0.3) is 0 Å². The van der Waals surface area contributed by atoms with Gasteiger partial charge < -0.3 is 14.4 Å². The molecule has 152 valence electrons. The number of carbonyl (C=O) groups is 1. The van der Waals surface area contributed by atoms with Crippen LogP contribution in [-0.2, 0) is 13.2 Å². The largest absolute Gasteiger partial charge is 0.488 e. The van der Waals surface area contributed by atoms with E-state index in [9.17, 15) is 14.3 Å². The van der Waals surface area contributed by atoms with Gasteiger partial charge in [-0.3, -0.25) is 0 Å². The molecule has 0 spiro atoms. The first-order valence-corrected chi connectivity index (χ1v) is 10.2. The van der Waals surface area contributed by atoms with E-state index in [0.717, 1.165) is 20.9 Å². The van der Waals surface area contributed by atoms with Gasteiger partial charge >= 0.3 is 5.97 Å². The van der Waals surface area contributed by atoms with Crippen LogP contribution in [0.4, 0.5) is 4.39 Å². The van der Waals surface area contributed by atoms with E-state index in [0.29, 0.717) is 22.9 Å². The quantitative estimate of drug-likeness (QED) is 0.336. The maximum absolute atomic E-state index is 13.3. The van der Waals surface area contributed by atoms with Crippen molar-refractivity contribution in [2.75, 3.05) is 0 Å². The number of fused-ring (bicyclic) bond motifs is 1. The van der Waals surface area contributed by atoms with Gasteiger partial charge in [-0.15, -0.1) is 0 Å². The molecule has 0 amide bonds. The predicted octanol–water partition coefficient (Wildman–Crippen LogP) is 6.52. The molecule has 4 aromatic rings. The molecule has 1 aromatic heterocycles. The lowest BCUT2D eigenvalue weighted by atomic mass is 10.1. The normalized spacial score (nSPS) is 11.0. The smallest absolute Gasteiger partial charge is 0.335 e. The number of hydrogen-bond acceptors (Lipinski definition) is 2. The molecule has 0 atom stereocenters. The highest BCUT2D eigenvalue weighted by Gasteiger charge is 2.11. The van der Waals surface area contributed by atoms with Crippen molar-refractivity contribution in [2.24, 2.45) is 0 Å². The molecular weight excluding hydrogens is 473 g/mol. The van der Waals surface area contributed by atoms with Crippen LogP contribution >= 0.6 is 27.5 Å². The van der Waals surface area contributed by atoms with E-state index in [1.807, 2.05) is 35.0 Å². The van der Waals surface area contributed by atoms with E-state index < -0.39 is 11.8 Å². The second-order valence-electron chi connectivity index (χ2n) is 6.80. The number of rotatable bonds is 6. The van der Waals surface area contributed by atoms with Crippen molar-refractivity contribution in [1.29, 1.82) is 0 Å². The summed E-state index contributed by atoms with van der Waals surface area (Å²) in [6.07, 6.45) is 1.91. The van der Waals surface area contributed by atoms with Crippen LogP contribution < -0.4 is 4.74 Å². The van der Waals surface area contributed by atoms with Crippen LogP contribution in [0.2, 0.25) is 5.02 Å². The molecule has 0 saturated heterocycles. The molecule has 4 nitrogen and oxygen atoms in total. The molecule has 0 aliphatic carbocycles. The molecule has 4 rings (SSSR count). The van der Waals surface area contributed by atoms with Crippen LogP contribution in [0, 0.1) is 5.82 Å². The van der Waals surface area contributed by atoms with Gasteiger partial charge in [0.15, 0.2) is 0 Å². The van der Waals surface area contributed by atoms with E-state index in [1.165, 1.54) is 12.1 Å². The standard InChI is InChI=1S/C23H16BrClFNO3/c24-18-3-6-22(30-13-16-1-4-19(26)11-20(16)25)17(10-18)12-27-8-7-14-9-15(23(28)29)2-5-21(14)27/h1-11H,12-13H2,(H,28,29). The first-order valence-electron chi connectivity index (χ1n) is 9.08. The fraction of sp³-hybridized carbons (Fsp3) is 0.0870. The van der Waals surface area contributed by atoms with Crippen molar-refractivity contribution in [3.05, 3.63) is 98.9 Å². The first-order chi connectivity index (χ1) is 14.4. The minimum absolute atomic E-state index is 0.210. The molecule has 0 bridgehead atoms. The Morgan fingerprint density at radius 2 is 1.90 bits per heavy atom. The molecule has 7 heteroatoms. The molecule has 1 heterocycles. The Kier molecular flexibility index (Phi) is 5.79. The fourth-order valence-electron chi connectivity index (χ4n) is 3.26. The number of nitrogens with zero attached hydrogens (tertiary/aromatic N) is 1. The molecular formula is C23H16BrClFNO3. The number of aromatic nitrogens is 1. The second kappa shape index (κ2) is 8.50. The molecule has 30 heavy (non-hydrogen) atoms. The van der Waals surface area contributed by atoms with Crippen LogP contribution in [0.1, 0.15) is 21.5 Å². The summed E-state index contributed by atoms with van der Waals surface area (Å²) < 4.78 is 22.2. The number of ether oxygens (including phenoxy) is 1. The Labute approximate surface area is 185 Å². The summed E-state index contributed by atoms with van der Waals surface area (Å²) in [5, 5.41) is 10.4. The van der Waals surface area contributed by atoms with Crippen LogP contribution in [0.25, 0.3) is 10.9 Å². The van der Waals surface area contributed by atoms with Gasteiger partial charge in [-0.1, -0.05) is 33.6 Å². The summed E-state index contributed by atoms with van der Waals surface area (Å²) in [5.74, 6) is -0.659. The Morgan fingerprint density at radius 3 is 2.67 bits per heavy atom. The van der Waals surface area contributed by atoms with E-state index in [1.54, 1.807) is 24.3 Å². The van der Waals surface area contributed by atoms with Crippen molar-refractivity contribution in [3.63, 3.8) is 0 Å². The van der Waals surface area contributed by atoms with Crippen LogP contribution in [0.5, 0.6) is 5.75 Å².